The van der Waals surface area contributed by atoms with Gasteiger partial charge >= 0.3 is 0 Å². The molecule has 0 spiro atoms. The smallest absolute Gasteiger partial charge is 0.238 e. The molecule has 1 atom stereocenters. The van der Waals surface area contributed by atoms with E-state index < -0.39 is 0 Å². The van der Waals surface area contributed by atoms with Gasteiger partial charge in [-0.25, -0.2) is 14.4 Å². The molecule has 7 nitrogen and oxygen atoms in total. The minimum Gasteiger partial charge on any atom is -0.479 e. The molecule has 3 aromatic heterocycles. The molecular weight excluding hydrogens is 419 g/mol. The van der Waals surface area contributed by atoms with Crippen molar-refractivity contribution in [3.05, 3.63) is 77.6 Å². The Hall–Kier alpha value is -3.81. The van der Waals surface area contributed by atoms with E-state index in [1.165, 1.54) is 12.1 Å². The average molecular weight is 447 g/mol. The van der Waals surface area contributed by atoms with Crippen LogP contribution in [-0.2, 0) is 0 Å². The average Bonchev–Trinajstić information content (AvgIpc) is 3.26. The third-order valence-electron chi connectivity index (χ3n) is 5.43. The number of hydrogen-bond acceptors (Lipinski definition) is 6. The predicted octanol–water partition coefficient (Wildman–Crippen LogP) is 5.44. The van der Waals surface area contributed by atoms with Crippen molar-refractivity contribution in [3.8, 4) is 23.0 Å². The maximum Gasteiger partial charge on any atom is 0.238 e. The van der Waals surface area contributed by atoms with Crippen molar-refractivity contribution in [2.45, 2.75) is 39.7 Å². The lowest BCUT2D eigenvalue weighted by Crippen LogP contribution is -2.13. The Balaban J connectivity index is 1.59. The van der Waals surface area contributed by atoms with Crippen LogP contribution in [0.2, 0.25) is 0 Å². The third kappa shape index (κ3) is 5.00. The highest BCUT2D eigenvalue weighted by Gasteiger charge is 2.16. The number of methoxy groups -OCH3 is 1. The Morgan fingerprint density at radius 3 is 2.48 bits per heavy atom. The maximum atomic E-state index is 13.3. The molecule has 1 N–H and O–H groups in total. The Morgan fingerprint density at radius 2 is 1.85 bits per heavy atom. The summed E-state index contributed by atoms with van der Waals surface area (Å²) in [5, 5.41) is 12.3. The second-order valence-electron chi connectivity index (χ2n) is 7.95. The number of halogens is 1. The summed E-state index contributed by atoms with van der Waals surface area (Å²) in [7, 11) is 1.59. The molecule has 0 saturated heterocycles. The highest BCUT2D eigenvalue weighted by Crippen LogP contribution is 2.28. The van der Waals surface area contributed by atoms with Crippen LogP contribution in [0.1, 0.15) is 42.6 Å². The summed E-state index contributed by atoms with van der Waals surface area (Å²) in [4.78, 5) is 8.90. The number of nitrogens with zero attached hydrogens (tertiary/aromatic N) is 5. The molecule has 1 unspecified atom stereocenters. The molecule has 0 fully saturated rings. The van der Waals surface area contributed by atoms with Crippen LogP contribution >= 0.6 is 0 Å². The number of rotatable bonds is 8. The molecule has 3 heterocycles. The number of anilines is 1. The Labute approximate surface area is 192 Å². The van der Waals surface area contributed by atoms with Crippen molar-refractivity contribution >= 4 is 5.82 Å². The fraction of sp³-hybridized carbons (Fsp3) is 0.280. The number of pyridine rings is 1. The first-order chi connectivity index (χ1) is 16.0. The largest absolute Gasteiger partial charge is 0.479 e. The van der Waals surface area contributed by atoms with Gasteiger partial charge in [-0.15, -0.1) is 10.2 Å². The molecule has 0 aliphatic heterocycles. The van der Waals surface area contributed by atoms with Crippen LogP contribution in [0, 0.1) is 19.7 Å². The van der Waals surface area contributed by atoms with E-state index in [1.807, 2.05) is 42.8 Å². The van der Waals surface area contributed by atoms with Crippen molar-refractivity contribution in [1.29, 1.82) is 0 Å². The van der Waals surface area contributed by atoms with Gasteiger partial charge in [-0.05, 0) is 61.7 Å². The SMILES string of the molecule is CCCC(Nc1nnc(-c2ccc(-n3cnc(C)c3)c(OC)n2)cc1C)c1ccc(F)cc1. The topological polar surface area (TPSA) is 77.8 Å². The molecule has 0 aliphatic rings. The second kappa shape index (κ2) is 9.77. The van der Waals surface area contributed by atoms with Gasteiger partial charge in [0.15, 0.2) is 5.82 Å². The minimum absolute atomic E-state index is 0.0191. The van der Waals surface area contributed by atoms with Gasteiger partial charge in [-0.1, -0.05) is 25.5 Å². The first-order valence-corrected chi connectivity index (χ1v) is 10.9. The Morgan fingerprint density at radius 1 is 1.06 bits per heavy atom. The van der Waals surface area contributed by atoms with Crippen LogP contribution in [-0.4, -0.2) is 31.8 Å². The van der Waals surface area contributed by atoms with Crippen LogP contribution in [0.5, 0.6) is 5.88 Å². The highest BCUT2D eigenvalue weighted by atomic mass is 19.1. The van der Waals surface area contributed by atoms with Crippen LogP contribution in [0.25, 0.3) is 17.1 Å². The van der Waals surface area contributed by atoms with E-state index >= 15 is 0 Å². The molecule has 4 aromatic rings. The summed E-state index contributed by atoms with van der Waals surface area (Å²) in [6.07, 6.45) is 5.51. The zero-order valence-corrected chi connectivity index (χ0v) is 19.2. The van der Waals surface area contributed by atoms with Crippen molar-refractivity contribution in [3.63, 3.8) is 0 Å². The molecular formula is C25H27FN6O. The zero-order chi connectivity index (χ0) is 23.4. The first-order valence-electron chi connectivity index (χ1n) is 10.9. The number of aromatic nitrogens is 5. The molecule has 0 aliphatic carbocycles. The van der Waals surface area contributed by atoms with Gasteiger partial charge in [-0.2, -0.15) is 0 Å². The van der Waals surface area contributed by atoms with Gasteiger partial charge in [0, 0.05) is 6.20 Å². The standard InChI is InChI=1S/C25H27FN6O/c1-5-6-20(18-7-9-19(26)10-8-18)28-24-16(2)13-22(30-31-24)21-11-12-23(25(29-21)33-4)32-14-17(3)27-15-32/h7-15,20H,5-6H2,1-4H3,(H,28,31). The fourth-order valence-corrected chi connectivity index (χ4v) is 3.70. The van der Waals surface area contributed by atoms with E-state index in [2.05, 4.69) is 32.4 Å². The van der Waals surface area contributed by atoms with E-state index in [-0.39, 0.29) is 11.9 Å². The van der Waals surface area contributed by atoms with Gasteiger partial charge in [-0.3, -0.25) is 0 Å². The molecule has 0 radical (unpaired) electrons. The minimum atomic E-state index is -0.244. The third-order valence-corrected chi connectivity index (χ3v) is 5.43. The summed E-state index contributed by atoms with van der Waals surface area (Å²) >= 11 is 0. The number of benzene rings is 1. The van der Waals surface area contributed by atoms with Crippen molar-refractivity contribution in [2.24, 2.45) is 0 Å². The fourth-order valence-electron chi connectivity index (χ4n) is 3.70. The van der Waals surface area contributed by atoms with Gasteiger partial charge in [0.25, 0.3) is 0 Å². The monoisotopic (exact) mass is 446 g/mol. The summed E-state index contributed by atoms with van der Waals surface area (Å²) in [5.74, 6) is 0.927. The van der Waals surface area contributed by atoms with Gasteiger partial charge < -0.3 is 14.6 Å². The van der Waals surface area contributed by atoms with E-state index in [0.29, 0.717) is 23.1 Å². The molecule has 0 amide bonds. The van der Waals surface area contributed by atoms with Gasteiger partial charge in [0.1, 0.15) is 17.2 Å². The summed E-state index contributed by atoms with van der Waals surface area (Å²) in [5.41, 5.74) is 4.98. The molecule has 4 rings (SSSR count). The molecule has 1 aromatic carbocycles. The quantitative estimate of drug-likeness (QED) is 0.388. The van der Waals surface area contributed by atoms with E-state index in [9.17, 15) is 4.39 Å². The second-order valence-corrected chi connectivity index (χ2v) is 7.95. The lowest BCUT2D eigenvalue weighted by Gasteiger charge is -2.20. The number of hydrogen-bond donors (Lipinski definition) is 1. The van der Waals surface area contributed by atoms with Crippen LogP contribution in [0.15, 0.2) is 55.0 Å². The van der Waals surface area contributed by atoms with Crippen LogP contribution in [0.4, 0.5) is 10.2 Å². The molecule has 0 bridgehead atoms. The molecule has 0 saturated carbocycles. The summed E-state index contributed by atoms with van der Waals surface area (Å²) in [6.45, 7) is 6.03. The number of nitrogens with one attached hydrogen (secondary N) is 1. The summed E-state index contributed by atoms with van der Waals surface area (Å²) in [6, 6.07) is 12.4. The lowest BCUT2D eigenvalue weighted by molar-refractivity contribution is 0.396. The Bertz CT molecular complexity index is 1240. The number of aryl methyl sites for hydroxylation is 2. The molecule has 8 heteroatoms. The Kier molecular flexibility index (Phi) is 6.63. The predicted molar refractivity (Wildman–Crippen MR) is 126 cm³/mol. The van der Waals surface area contributed by atoms with Crippen molar-refractivity contribution < 1.29 is 9.13 Å². The highest BCUT2D eigenvalue weighted by molar-refractivity contribution is 5.61. The normalized spacial score (nSPS) is 11.9. The van der Waals surface area contributed by atoms with E-state index in [1.54, 1.807) is 25.6 Å². The van der Waals surface area contributed by atoms with Crippen molar-refractivity contribution in [1.82, 2.24) is 24.7 Å². The zero-order valence-electron chi connectivity index (χ0n) is 19.2. The number of ether oxygens (including phenoxy) is 1. The van der Waals surface area contributed by atoms with Gasteiger partial charge in [0.05, 0.1) is 30.9 Å². The summed E-state index contributed by atoms with van der Waals surface area (Å²) < 4.78 is 20.7. The van der Waals surface area contributed by atoms with Gasteiger partial charge in [0.2, 0.25) is 5.88 Å². The number of imidazole rings is 1. The van der Waals surface area contributed by atoms with E-state index in [4.69, 9.17) is 4.74 Å². The maximum absolute atomic E-state index is 13.3. The molecule has 33 heavy (non-hydrogen) atoms. The van der Waals surface area contributed by atoms with Crippen molar-refractivity contribution in [2.75, 3.05) is 12.4 Å². The van der Waals surface area contributed by atoms with Crippen LogP contribution in [0.3, 0.4) is 0 Å². The first kappa shape index (κ1) is 22.4. The van der Waals surface area contributed by atoms with Crippen LogP contribution < -0.4 is 10.1 Å². The molecule has 170 valence electrons. The van der Waals surface area contributed by atoms with E-state index in [0.717, 1.165) is 35.3 Å². The lowest BCUT2D eigenvalue weighted by atomic mass is 10.0.